The van der Waals surface area contributed by atoms with E-state index in [1.807, 2.05) is 12.1 Å². The second-order valence-corrected chi connectivity index (χ2v) is 5.30. The van der Waals surface area contributed by atoms with Gasteiger partial charge in [-0.25, -0.2) is 0 Å². The first-order valence-corrected chi connectivity index (χ1v) is 6.73. The molecule has 4 N–H and O–H groups in total. The number of H-pyrrole nitrogens is 1. The number of fused-ring (bicyclic) bond motifs is 3. The molecule has 0 radical (unpaired) electrons. The van der Waals surface area contributed by atoms with Gasteiger partial charge in [0.05, 0.1) is 0 Å². The average molecular weight is 258 g/mol. The fourth-order valence-corrected chi connectivity index (χ4v) is 3.17. The van der Waals surface area contributed by atoms with E-state index in [1.54, 1.807) is 0 Å². The maximum Gasteiger partial charge on any atom is 0.303 e. The Morgan fingerprint density at radius 2 is 2.21 bits per heavy atom. The number of nitrogens with one attached hydrogen (secondary N) is 1. The molecule has 2 unspecified atom stereocenters. The summed E-state index contributed by atoms with van der Waals surface area (Å²) < 4.78 is 0. The maximum absolute atomic E-state index is 10.8. The number of hydrogen-bond acceptors (Lipinski definition) is 2. The number of para-hydroxylation sites is 1. The molecule has 0 fully saturated rings. The van der Waals surface area contributed by atoms with Gasteiger partial charge in [-0.15, -0.1) is 0 Å². The summed E-state index contributed by atoms with van der Waals surface area (Å²) in [4.78, 5) is 14.2. The van der Waals surface area contributed by atoms with Crippen LogP contribution in [0.2, 0.25) is 0 Å². The Bertz CT molecular complexity index is 618. The Morgan fingerprint density at radius 1 is 1.42 bits per heavy atom. The van der Waals surface area contributed by atoms with Gasteiger partial charge in [0.2, 0.25) is 0 Å². The average Bonchev–Trinajstić information content (AvgIpc) is 2.75. The molecule has 0 saturated heterocycles. The van der Waals surface area contributed by atoms with E-state index in [4.69, 9.17) is 10.8 Å². The first-order chi connectivity index (χ1) is 9.16. The number of aliphatic carboxylic acids is 1. The molecular weight excluding hydrogens is 240 g/mol. The monoisotopic (exact) mass is 258 g/mol. The van der Waals surface area contributed by atoms with Crippen molar-refractivity contribution < 1.29 is 9.90 Å². The topological polar surface area (TPSA) is 79.1 Å². The zero-order valence-electron chi connectivity index (χ0n) is 10.7. The minimum atomic E-state index is -0.754. The summed E-state index contributed by atoms with van der Waals surface area (Å²) >= 11 is 0. The lowest BCUT2D eigenvalue weighted by molar-refractivity contribution is -0.137. The number of benzene rings is 1. The lowest BCUT2D eigenvalue weighted by atomic mass is 9.80. The minimum absolute atomic E-state index is 0.0555. The lowest BCUT2D eigenvalue weighted by Gasteiger charge is -2.28. The van der Waals surface area contributed by atoms with E-state index in [0.717, 1.165) is 24.1 Å². The number of carbonyl (C=O) groups is 1. The highest BCUT2D eigenvalue weighted by Crippen LogP contribution is 2.37. The van der Waals surface area contributed by atoms with Gasteiger partial charge in [0, 0.05) is 35.0 Å². The molecule has 1 aromatic carbocycles. The normalized spacial score (nSPS) is 22.4. The molecule has 3 rings (SSSR count). The summed E-state index contributed by atoms with van der Waals surface area (Å²) in [5.41, 5.74) is 9.80. The molecule has 19 heavy (non-hydrogen) atoms. The lowest BCUT2D eigenvalue weighted by Crippen LogP contribution is -2.33. The van der Waals surface area contributed by atoms with Crippen molar-refractivity contribution in [2.75, 3.05) is 0 Å². The molecule has 0 saturated carbocycles. The van der Waals surface area contributed by atoms with E-state index in [9.17, 15) is 4.79 Å². The molecule has 1 heterocycles. The highest BCUT2D eigenvalue weighted by molar-refractivity contribution is 5.85. The molecule has 2 aromatic rings. The zero-order chi connectivity index (χ0) is 13.4. The number of aryl methyl sites for hydroxylation is 1. The molecular formula is C15H18N2O2. The fraction of sp³-hybridized carbons (Fsp3) is 0.400. The third-order valence-electron chi connectivity index (χ3n) is 4.13. The van der Waals surface area contributed by atoms with Crippen molar-refractivity contribution in [3.8, 4) is 0 Å². The molecule has 4 nitrogen and oxygen atoms in total. The smallest absolute Gasteiger partial charge is 0.303 e. The van der Waals surface area contributed by atoms with Crippen LogP contribution in [0.5, 0.6) is 0 Å². The van der Waals surface area contributed by atoms with Crippen molar-refractivity contribution in [3.05, 3.63) is 35.5 Å². The molecule has 1 aromatic heterocycles. The second kappa shape index (κ2) is 4.70. The van der Waals surface area contributed by atoms with Crippen LogP contribution < -0.4 is 5.73 Å². The molecule has 2 atom stereocenters. The van der Waals surface area contributed by atoms with E-state index in [1.165, 1.54) is 10.9 Å². The van der Waals surface area contributed by atoms with Crippen LogP contribution in [0.25, 0.3) is 10.9 Å². The molecule has 1 aliphatic carbocycles. The van der Waals surface area contributed by atoms with Crippen molar-refractivity contribution in [1.29, 1.82) is 0 Å². The fourth-order valence-electron chi connectivity index (χ4n) is 3.17. The summed E-state index contributed by atoms with van der Waals surface area (Å²) in [7, 11) is 0. The van der Waals surface area contributed by atoms with Crippen molar-refractivity contribution in [2.45, 2.75) is 37.6 Å². The van der Waals surface area contributed by atoms with Crippen molar-refractivity contribution in [3.63, 3.8) is 0 Å². The first kappa shape index (κ1) is 12.2. The van der Waals surface area contributed by atoms with Gasteiger partial charge in [-0.1, -0.05) is 18.2 Å². The summed E-state index contributed by atoms with van der Waals surface area (Å²) in [6.45, 7) is 0. The molecule has 0 bridgehead atoms. The van der Waals surface area contributed by atoms with Crippen LogP contribution in [0.3, 0.4) is 0 Å². The Hall–Kier alpha value is -1.81. The molecule has 4 heteroatoms. The third-order valence-corrected chi connectivity index (χ3v) is 4.13. The predicted octanol–water partition coefficient (Wildman–Crippen LogP) is 2.39. The number of nitrogens with two attached hydrogens (primary N) is 1. The molecule has 0 amide bonds. The van der Waals surface area contributed by atoms with Crippen LogP contribution in [-0.2, 0) is 11.2 Å². The SMILES string of the molecule is NC1CCc2c([nH]c3ccccc23)C1CCC(=O)O. The number of aromatic nitrogens is 1. The summed E-state index contributed by atoms with van der Waals surface area (Å²) in [6, 6.07) is 8.29. The standard InChI is InChI=1S/C15H18N2O2/c16-12-7-5-10-9-3-1-2-4-13(9)17-15(10)11(12)6-8-14(18)19/h1-4,11-12,17H,5-8,16H2,(H,18,19). The van der Waals surface area contributed by atoms with Gasteiger partial charge in [-0.05, 0) is 30.9 Å². The van der Waals surface area contributed by atoms with Crippen LogP contribution in [0.1, 0.15) is 36.4 Å². The molecule has 0 aliphatic heterocycles. The van der Waals surface area contributed by atoms with E-state index in [-0.39, 0.29) is 18.4 Å². The van der Waals surface area contributed by atoms with Crippen LogP contribution in [-0.4, -0.2) is 22.1 Å². The summed E-state index contributed by atoms with van der Waals surface area (Å²) in [5.74, 6) is -0.623. The number of hydrogen-bond donors (Lipinski definition) is 3. The van der Waals surface area contributed by atoms with E-state index in [0.29, 0.717) is 6.42 Å². The second-order valence-electron chi connectivity index (χ2n) is 5.30. The Kier molecular flexibility index (Phi) is 3.03. The van der Waals surface area contributed by atoms with Gasteiger partial charge < -0.3 is 15.8 Å². The number of carboxylic acids is 1. The molecule has 100 valence electrons. The summed E-state index contributed by atoms with van der Waals surface area (Å²) in [6.07, 6.45) is 2.69. The Morgan fingerprint density at radius 3 is 3.00 bits per heavy atom. The van der Waals surface area contributed by atoms with E-state index < -0.39 is 5.97 Å². The van der Waals surface area contributed by atoms with Crippen molar-refractivity contribution >= 4 is 16.9 Å². The van der Waals surface area contributed by atoms with Crippen molar-refractivity contribution in [1.82, 2.24) is 4.98 Å². The zero-order valence-corrected chi connectivity index (χ0v) is 10.7. The van der Waals surface area contributed by atoms with Gasteiger partial charge in [0.1, 0.15) is 0 Å². The number of carboxylic acid groups (broad SMARTS) is 1. The van der Waals surface area contributed by atoms with Crippen LogP contribution in [0, 0.1) is 0 Å². The predicted molar refractivity (Wildman–Crippen MR) is 74.2 cm³/mol. The molecule has 0 spiro atoms. The highest BCUT2D eigenvalue weighted by atomic mass is 16.4. The molecule has 1 aliphatic rings. The van der Waals surface area contributed by atoms with Crippen molar-refractivity contribution in [2.24, 2.45) is 5.73 Å². The van der Waals surface area contributed by atoms with Crippen LogP contribution in [0.4, 0.5) is 0 Å². The maximum atomic E-state index is 10.8. The quantitative estimate of drug-likeness (QED) is 0.791. The van der Waals surface area contributed by atoms with Gasteiger partial charge in [-0.2, -0.15) is 0 Å². The van der Waals surface area contributed by atoms with Gasteiger partial charge in [0.25, 0.3) is 0 Å². The third kappa shape index (κ3) is 2.12. The van der Waals surface area contributed by atoms with Gasteiger partial charge in [0.15, 0.2) is 0 Å². The number of aromatic amines is 1. The largest absolute Gasteiger partial charge is 0.481 e. The first-order valence-electron chi connectivity index (χ1n) is 6.73. The van der Waals surface area contributed by atoms with E-state index in [2.05, 4.69) is 17.1 Å². The minimum Gasteiger partial charge on any atom is -0.481 e. The van der Waals surface area contributed by atoms with Gasteiger partial charge in [-0.3, -0.25) is 4.79 Å². The highest BCUT2D eigenvalue weighted by Gasteiger charge is 2.30. The summed E-state index contributed by atoms with van der Waals surface area (Å²) in [5, 5.41) is 10.1. The Labute approximate surface area is 111 Å². The number of rotatable bonds is 3. The van der Waals surface area contributed by atoms with Crippen LogP contribution >= 0.6 is 0 Å². The van der Waals surface area contributed by atoms with E-state index >= 15 is 0 Å². The van der Waals surface area contributed by atoms with Crippen LogP contribution in [0.15, 0.2) is 24.3 Å². The Balaban J connectivity index is 2.01. The van der Waals surface area contributed by atoms with Gasteiger partial charge >= 0.3 is 5.97 Å².